The first-order valence-corrected chi connectivity index (χ1v) is 4.05. The van der Waals surface area contributed by atoms with Crippen molar-refractivity contribution in [3.05, 3.63) is 24.0 Å². The van der Waals surface area contributed by atoms with Crippen LogP contribution < -0.4 is 0 Å². The Labute approximate surface area is 71.2 Å². The number of aromatic nitrogens is 1. The molecule has 3 heteroatoms. The summed E-state index contributed by atoms with van der Waals surface area (Å²) in [7, 11) is 0. The third kappa shape index (κ3) is 1.21. The molecule has 0 saturated carbocycles. The van der Waals surface area contributed by atoms with Gasteiger partial charge in [0.15, 0.2) is 0 Å². The molecule has 0 aliphatic carbocycles. The predicted octanol–water partition coefficient (Wildman–Crippen LogP) is 1.32. The van der Waals surface area contributed by atoms with Crippen LogP contribution in [0.3, 0.4) is 0 Å². The Morgan fingerprint density at radius 1 is 1.67 bits per heavy atom. The molecule has 2 heterocycles. The number of hydrogen-bond donors (Lipinski definition) is 0. The van der Waals surface area contributed by atoms with Crippen molar-refractivity contribution >= 4 is 0 Å². The number of ether oxygens (including phenoxy) is 1. The maximum Gasteiger partial charge on any atom is 0.101 e. The second kappa shape index (κ2) is 3.00. The molecule has 1 unspecified atom stereocenters. The number of hydrogen-bond acceptors (Lipinski definition) is 2. The van der Waals surface area contributed by atoms with Crippen molar-refractivity contribution in [3.63, 3.8) is 0 Å². The Kier molecular flexibility index (Phi) is 1.84. The van der Waals surface area contributed by atoms with Crippen LogP contribution >= 0.6 is 0 Å². The lowest BCUT2D eigenvalue weighted by Gasteiger charge is -2.08. The van der Waals surface area contributed by atoms with Gasteiger partial charge in [-0.2, -0.15) is 5.26 Å². The van der Waals surface area contributed by atoms with Crippen molar-refractivity contribution < 1.29 is 4.74 Å². The van der Waals surface area contributed by atoms with Gasteiger partial charge in [-0.3, -0.25) is 0 Å². The largest absolute Gasteiger partial charge is 0.379 e. The van der Waals surface area contributed by atoms with Crippen molar-refractivity contribution in [1.82, 2.24) is 4.57 Å². The summed E-state index contributed by atoms with van der Waals surface area (Å²) >= 11 is 0. The van der Waals surface area contributed by atoms with Gasteiger partial charge in [0, 0.05) is 19.0 Å². The molecule has 1 aromatic rings. The molecule has 1 saturated heterocycles. The summed E-state index contributed by atoms with van der Waals surface area (Å²) in [4.78, 5) is 0. The van der Waals surface area contributed by atoms with Crippen LogP contribution in [0.5, 0.6) is 0 Å². The second-order valence-corrected chi connectivity index (χ2v) is 2.98. The Hall–Kier alpha value is -1.27. The van der Waals surface area contributed by atoms with E-state index < -0.39 is 0 Å². The summed E-state index contributed by atoms with van der Waals surface area (Å²) < 4.78 is 7.31. The van der Waals surface area contributed by atoms with Gasteiger partial charge in [0.25, 0.3) is 0 Å². The Balaban J connectivity index is 2.17. The lowest BCUT2D eigenvalue weighted by atomic mass is 10.3. The standard InChI is InChI=1S/C9H10N2O/c10-5-8-1-3-11(6-8)9-2-4-12-7-9/h1,3,6,9H,2,4,7H2. The maximum atomic E-state index is 8.60. The summed E-state index contributed by atoms with van der Waals surface area (Å²) in [6.07, 6.45) is 4.87. The Morgan fingerprint density at radius 2 is 2.58 bits per heavy atom. The molecule has 0 bridgehead atoms. The quantitative estimate of drug-likeness (QED) is 0.624. The van der Waals surface area contributed by atoms with Gasteiger partial charge in [0.2, 0.25) is 0 Å². The maximum absolute atomic E-state index is 8.60. The smallest absolute Gasteiger partial charge is 0.101 e. The van der Waals surface area contributed by atoms with E-state index in [2.05, 4.69) is 10.6 Å². The van der Waals surface area contributed by atoms with E-state index in [1.807, 2.05) is 18.5 Å². The van der Waals surface area contributed by atoms with Gasteiger partial charge in [-0.15, -0.1) is 0 Å². The minimum Gasteiger partial charge on any atom is -0.379 e. The van der Waals surface area contributed by atoms with E-state index in [0.29, 0.717) is 6.04 Å². The normalized spacial score (nSPS) is 22.4. The van der Waals surface area contributed by atoms with E-state index in [1.54, 1.807) is 0 Å². The van der Waals surface area contributed by atoms with E-state index in [-0.39, 0.29) is 0 Å². The first-order chi connectivity index (χ1) is 5.90. The zero-order chi connectivity index (χ0) is 8.39. The zero-order valence-electron chi connectivity index (χ0n) is 6.73. The highest BCUT2D eigenvalue weighted by atomic mass is 16.5. The third-order valence-electron chi connectivity index (χ3n) is 2.17. The minimum absolute atomic E-state index is 0.437. The van der Waals surface area contributed by atoms with Gasteiger partial charge < -0.3 is 9.30 Å². The van der Waals surface area contributed by atoms with Crippen molar-refractivity contribution in [2.24, 2.45) is 0 Å². The van der Waals surface area contributed by atoms with E-state index in [9.17, 15) is 0 Å². The molecule has 3 nitrogen and oxygen atoms in total. The van der Waals surface area contributed by atoms with E-state index in [0.717, 1.165) is 25.2 Å². The Bertz CT molecular complexity index is 305. The molecule has 0 spiro atoms. The number of rotatable bonds is 1. The highest BCUT2D eigenvalue weighted by molar-refractivity contribution is 5.25. The van der Waals surface area contributed by atoms with Crippen LogP contribution in [-0.2, 0) is 4.74 Å². The van der Waals surface area contributed by atoms with Crippen LogP contribution in [0.25, 0.3) is 0 Å². The monoisotopic (exact) mass is 162 g/mol. The molecule has 2 rings (SSSR count). The third-order valence-corrected chi connectivity index (χ3v) is 2.17. The van der Waals surface area contributed by atoms with Gasteiger partial charge >= 0.3 is 0 Å². The van der Waals surface area contributed by atoms with Gasteiger partial charge in [-0.25, -0.2) is 0 Å². The molecule has 62 valence electrons. The van der Waals surface area contributed by atoms with Gasteiger partial charge in [-0.05, 0) is 12.5 Å². The highest BCUT2D eigenvalue weighted by Gasteiger charge is 2.16. The van der Waals surface area contributed by atoms with Crippen LogP contribution in [0.15, 0.2) is 18.5 Å². The molecule has 0 amide bonds. The van der Waals surface area contributed by atoms with E-state index in [4.69, 9.17) is 10.00 Å². The molecule has 1 aliphatic rings. The number of nitriles is 1. The molecular weight excluding hydrogens is 152 g/mol. The van der Waals surface area contributed by atoms with Crippen LogP contribution in [0, 0.1) is 11.3 Å². The van der Waals surface area contributed by atoms with Crippen LogP contribution in [-0.4, -0.2) is 17.8 Å². The average molecular weight is 162 g/mol. The first-order valence-electron chi connectivity index (χ1n) is 4.05. The molecule has 1 aliphatic heterocycles. The van der Waals surface area contributed by atoms with Crippen molar-refractivity contribution in [3.8, 4) is 6.07 Å². The topological polar surface area (TPSA) is 38.0 Å². The summed E-state index contributed by atoms with van der Waals surface area (Å²) in [5, 5.41) is 8.60. The van der Waals surface area contributed by atoms with E-state index in [1.165, 1.54) is 0 Å². The molecule has 1 aromatic heterocycles. The molecule has 1 fully saturated rings. The fraction of sp³-hybridized carbons (Fsp3) is 0.444. The van der Waals surface area contributed by atoms with Gasteiger partial charge in [0.05, 0.1) is 18.2 Å². The lowest BCUT2D eigenvalue weighted by Crippen LogP contribution is -2.05. The van der Waals surface area contributed by atoms with Crippen molar-refractivity contribution in [2.45, 2.75) is 12.5 Å². The molecule has 0 N–H and O–H groups in total. The SMILES string of the molecule is N#Cc1ccn(C2CCOC2)c1. The zero-order valence-corrected chi connectivity index (χ0v) is 6.73. The molecular formula is C9H10N2O. The first kappa shape index (κ1) is 7.38. The minimum atomic E-state index is 0.437. The summed E-state index contributed by atoms with van der Waals surface area (Å²) in [5.74, 6) is 0. The fourth-order valence-electron chi connectivity index (χ4n) is 1.46. The average Bonchev–Trinajstić information content (AvgIpc) is 2.75. The van der Waals surface area contributed by atoms with Crippen LogP contribution in [0.2, 0.25) is 0 Å². The van der Waals surface area contributed by atoms with Crippen LogP contribution in [0.4, 0.5) is 0 Å². The van der Waals surface area contributed by atoms with Gasteiger partial charge in [0.1, 0.15) is 6.07 Å². The van der Waals surface area contributed by atoms with Crippen molar-refractivity contribution in [2.75, 3.05) is 13.2 Å². The second-order valence-electron chi connectivity index (χ2n) is 2.98. The summed E-state index contributed by atoms with van der Waals surface area (Å²) in [6.45, 7) is 1.62. The summed E-state index contributed by atoms with van der Waals surface area (Å²) in [6, 6.07) is 4.38. The highest BCUT2D eigenvalue weighted by Crippen LogP contribution is 2.19. The molecule has 0 radical (unpaired) electrons. The lowest BCUT2D eigenvalue weighted by molar-refractivity contribution is 0.186. The number of nitrogens with zero attached hydrogens (tertiary/aromatic N) is 2. The molecule has 12 heavy (non-hydrogen) atoms. The van der Waals surface area contributed by atoms with Crippen LogP contribution in [0.1, 0.15) is 18.0 Å². The predicted molar refractivity (Wildman–Crippen MR) is 43.6 cm³/mol. The summed E-state index contributed by atoms with van der Waals surface area (Å²) in [5.41, 5.74) is 0.724. The Morgan fingerprint density at radius 3 is 3.17 bits per heavy atom. The van der Waals surface area contributed by atoms with E-state index >= 15 is 0 Å². The van der Waals surface area contributed by atoms with Gasteiger partial charge in [-0.1, -0.05) is 0 Å². The molecule has 1 atom stereocenters. The molecule has 0 aromatic carbocycles. The fourth-order valence-corrected chi connectivity index (χ4v) is 1.46. The van der Waals surface area contributed by atoms with Crippen molar-refractivity contribution in [1.29, 1.82) is 5.26 Å².